The second kappa shape index (κ2) is 9.04. The average molecular weight is 470 g/mol. The van der Waals surface area contributed by atoms with Crippen LogP contribution in [0.3, 0.4) is 0 Å². The number of carbonyl (C=O) groups is 2. The predicted molar refractivity (Wildman–Crippen MR) is 108 cm³/mol. The smallest absolute Gasteiger partial charge is 0.376 e. The summed E-state index contributed by atoms with van der Waals surface area (Å²) in [7, 11) is -5.37. The lowest BCUT2D eigenvalue weighted by Crippen LogP contribution is -2.15. The van der Waals surface area contributed by atoms with E-state index in [2.05, 4.69) is 0 Å². The number of hydrogen-bond acceptors (Lipinski definition) is 9. The van der Waals surface area contributed by atoms with E-state index >= 15 is 0 Å². The number of carboxylic acid groups (broad SMARTS) is 1. The Morgan fingerprint density at radius 1 is 1.00 bits per heavy atom. The Kier molecular flexibility index (Phi) is 6.81. The van der Waals surface area contributed by atoms with Gasteiger partial charge in [0.25, 0.3) is 0 Å². The molecule has 10 nitrogen and oxygen atoms in total. The number of carboxylic acids is 1. The van der Waals surface area contributed by atoms with Crippen molar-refractivity contribution >= 4 is 27.1 Å². The summed E-state index contributed by atoms with van der Waals surface area (Å²) in [6.07, 6.45) is 0. The van der Waals surface area contributed by atoms with Crippen LogP contribution in [0.25, 0.3) is 0 Å². The third-order valence-corrected chi connectivity index (χ3v) is 8.82. The predicted octanol–water partition coefficient (Wildman–Crippen LogP) is 4.59. The molecule has 166 valence electrons. The molecule has 3 atom stereocenters. The number of esters is 1. The van der Waals surface area contributed by atoms with E-state index in [-0.39, 0.29) is 22.3 Å². The maximum Gasteiger partial charge on any atom is 0.376 e. The van der Waals surface area contributed by atoms with E-state index in [1.165, 1.54) is 36.4 Å². The Labute approximate surface area is 178 Å². The van der Waals surface area contributed by atoms with Crippen LogP contribution < -0.4 is 0 Å². The van der Waals surface area contributed by atoms with E-state index in [9.17, 15) is 23.8 Å². The van der Waals surface area contributed by atoms with Gasteiger partial charge in [-0.2, -0.15) is 0 Å². The number of benzene rings is 2. The van der Waals surface area contributed by atoms with E-state index in [1.807, 2.05) is 0 Å². The highest BCUT2D eigenvalue weighted by Crippen LogP contribution is 2.72. The minimum atomic E-state index is -4.38. The van der Waals surface area contributed by atoms with Gasteiger partial charge < -0.3 is 23.4 Å². The zero-order chi connectivity index (χ0) is 22.8. The molecular formula is C19H20O10P2. The zero-order valence-corrected chi connectivity index (χ0v) is 18.6. The number of cyclic esters (lactones) is 1. The Morgan fingerprint density at radius 2 is 1.61 bits per heavy atom. The van der Waals surface area contributed by atoms with Crippen LogP contribution in [0.5, 0.6) is 0 Å². The summed E-state index contributed by atoms with van der Waals surface area (Å²) < 4.78 is 53.1. The lowest BCUT2D eigenvalue weighted by Gasteiger charge is -2.30. The largest absolute Gasteiger partial charge is 0.478 e. The van der Waals surface area contributed by atoms with Gasteiger partial charge in [0.2, 0.25) is 5.85 Å². The molecule has 0 fully saturated rings. The minimum Gasteiger partial charge on any atom is -0.478 e. The normalized spacial score (nSPS) is 18.7. The van der Waals surface area contributed by atoms with Crippen LogP contribution in [0.4, 0.5) is 0 Å². The van der Waals surface area contributed by atoms with Gasteiger partial charge in [0.15, 0.2) is 5.85 Å². The fourth-order valence-corrected chi connectivity index (χ4v) is 6.68. The Morgan fingerprint density at radius 3 is 2.23 bits per heavy atom. The zero-order valence-electron chi connectivity index (χ0n) is 16.8. The summed E-state index contributed by atoms with van der Waals surface area (Å²) in [5.41, 5.74) is 0.0513. The standard InChI is InChI=1S/C19H20O10P2/c1-25-30(23,26-2)19(14-10-6-4-8-12(14)16(20)21)29-31(24,27-3)18-15-11-7-5-9-13(15)17(22)28-18/h4-11,18-19H,1-3H3,(H,20,21). The van der Waals surface area contributed by atoms with Crippen molar-refractivity contribution < 1.29 is 46.7 Å². The molecule has 0 amide bonds. The molecule has 0 aliphatic carbocycles. The van der Waals surface area contributed by atoms with Crippen molar-refractivity contribution in [3.8, 4) is 0 Å². The Hall–Kier alpha value is -2.32. The van der Waals surface area contributed by atoms with Gasteiger partial charge in [-0.3, -0.25) is 13.7 Å². The number of carbonyl (C=O) groups excluding carboxylic acids is 1. The van der Waals surface area contributed by atoms with Gasteiger partial charge >= 0.3 is 27.1 Å². The number of aromatic carboxylic acids is 1. The topological polar surface area (TPSA) is 135 Å². The highest BCUT2D eigenvalue weighted by molar-refractivity contribution is 7.57. The molecule has 0 saturated carbocycles. The molecule has 1 aliphatic heterocycles. The first-order chi connectivity index (χ1) is 14.7. The van der Waals surface area contributed by atoms with E-state index in [4.69, 9.17) is 22.8 Å². The highest BCUT2D eigenvalue weighted by atomic mass is 31.2. The highest BCUT2D eigenvalue weighted by Gasteiger charge is 2.51. The van der Waals surface area contributed by atoms with Crippen LogP contribution in [0.2, 0.25) is 0 Å². The molecule has 1 aliphatic rings. The van der Waals surface area contributed by atoms with Crippen molar-refractivity contribution in [2.75, 3.05) is 21.3 Å². The first-order valence-electron chi connectivity index (χ1n) is 8.88. The number of ether oxygens (including phenoxy) is 1. The third kappa shape index (κ3) is 4.23. The number of hydrogen-bond donors (Lipinski definition) is 1. The molecule has 12 heteroatoms. The monoisotopic (exact) mass is 470 g/mol. The first-order valence-corrected chi connectivity index (χ1v) is 12.1. The summed E-state index contributed by atoms with van der Waals surface area (Å²) in [5, 5.41) is 9.56. The van der Waals surface area contributed by atoms with E-state index in [0.717, 1.165) is 21.3 Å². The van der Waals surface area contributed by atoms with Gasteiger partial charge in [0.05, 0.1) is 11.1 Å². The van der Waals surface area contributed by atoms with Crippen molar-refractivity contribution in [2.24, 2.45) is 0 Å². The van der Waals surface area contributed by atoms with Crippen molar-refractivity contribution in [2.45, 2.75) is 11.7 Å². The molecule has 0 aromatic heterocycles. The van der Waals surface area contributed by atoms with Crippen molar-refractivity contribution in [3.63, 3.8) is 0 Å². The molecule has 31 heavy (non-hydrogen) atoms. The molecule has 0 spiro atoms. The van der Waals surface area contributed by atoms with Gasteiger partial charge in [-0.05, 0) is 12.1 Å². The fourth-order valence-electron chi connectivity index (χ4n) is 3.15. The van der Waals surface area contributed by atoms with Gasteiger partial charge in [-0.25, -0.2) is 9.59 Å². The van der Waals surface area contributed by atoms with Crippen molar-refractivity contribution in [1.29, 1.82) is 0 Å². The SMILES string of the molecule is COP(=O)(OC)C(OP(=O)(OC)C1OC(=O)c2ccccc21)c1ccccc1C(=O)O. The van der Waals surface area contributed by atoms with Crippen LogP contribution in [-0.2, 0) is 32.0 Å². The van der Waals surface area contributed by atoms with E-state index in [1.54, 1.807) is 12.1 Å². The lowest BCUT2D eigenvalue weighted by molar-refractivity contribution is 0.0433. The summed E-state index contributed by atoms with van der Waals surface area (Å²) in [6.45, 7) is 0. The maximum absolute atomic E-state index is 13.7. The van der Waals surface area contributed by atoms with Crippen LogP contribution in [-0.4, -0.2) is 38.4 Å². The second-order valence-corrected chi connectivity index (χ2v) is 10.7. The van der Waals surface area contributed by atoms with Gasteiger partial charge in [0.1, 0.15) is 0 Å². The lowest BCUT2D eigenvalue weighted by atomic mass is 10.1. The van der Waals surface area contributed by atoms with Crippen LogP contribution in [0.15, 0.2) is 48.5 Å². The van der Waals surface area contributed by atoms with Crippen LogP contribution in [0.1, 0.15) is 43.5 Å². The fraction of sp³-hybridized carbons (Fsp3) is 0.263. The quantitative estimate of drug-likeness (QED) is 0.409. The van der Waals surface area contributed by atoms with Crippen molar-refractivity contribution in [3.05, 3.63) is 70.8 Å². The molecule has 0 bridgehead atoms. The molecule has 2 aromatic carbocycles. The maximum atomic E-state index is 13.7. The summed E-state index contributed by atoms with van der Waals surface area (Å²) in [5.74, 6) is -5.28. The molecule has 0 saturated heterocycles. The first kappa shape index (κ1) is 23.3. The summed E-state index contributed by atoms with van der Waals surface area (Å²) in [4.78, 5) is 23.9. The molecule has 1 heterocycles. The Balaban J connectivity index is 2.13. The average Bonchev–Trinajstić information content (AvgIpc) is 3.14. The van der Waals surface area contributed by atoms with Gasteiger partial charge in [0, 0.05) is 32.5 Å². The Bertz CT molecular complexity index is 1090. The van der Waals surface area contributed by atoms with E-state index < -0.39 is 38.8 Å². The van der Waals surface area contributed by atoms with Crippen molar-refractivity contribution in [1.82, 2.24) is 0 Å². The summed E-state index contributed by atoms with van der Waals surface area (Å²) in [6, 6.07) is 11.8. The molecular weight excluding hydrogens is 450 g/mol. The summed E-state index contributed by atoms with van der Waals surface area (Å²) >= 11 is 0. The van der Waals surface area contributed by atoms with Crippen LogP contribution >= 0.6 is 15.2 Å². The second-order valence-electron chi connectivity index (χ2n) is 6.32. The number of fused-ring (bicyclic) bond motifs is 1. The molecule has 1 N–H and O–H groups in total. The van der Waals surface area contributed by atoms with Gasteiger partial charge in [-0.1, -0.05) is 36.4 Å². The van der Waals surface area contributed by atoms with E-state index in [0.29, 0.717) is 0 Å². The van der Waals surface area contributed by atoms with Crippen LogP contribution in [0, 0.1) is 0 Å². The minimum absolute atomic E-state index is 0.114. The molecule has 0 radical (unpaired) electrons. The van der Waals surface area contributed by atoms with Gasteiger partial charge in [-0.15, -0.1) is 0 Å². The molecule has 3 rings (SSSR count). The third-order valence-electron chi connectivity index (χ3n) is 4.71. The molecule has 2 aromatic rings. The number of rotatable bonds is 9. The molecule has 3 unspecified atom stereocenters.